The molecule has 0 aliphatic carbocycles. The minimum absolute atomic E-state index is 0.202. The van der Waals surface area contributed by atoms with Crippen LogP contribution < -0.4 is 0 Å². The summed E-state index contributed by atoms with van der Waals surface area (Å²) in [7, 11) is 1.07. The minimum Gasteiger partial charge on any atom is -0.420 e. The maximum Gasteiger partial charge on any atom is 0.210 e. The predicted molar refractivity (Wildman–Crippen MR) is 50.2 cm³/mol. The van der Waals surface area contributed by atoms with E-state index in [4.69, 9.17) is 4.43 Å². The molecule has 0 spiro atoms. The van der Waals surface area contributed by atoms with E-state index in [9.17, 15) is 0 Å². The molecule has 2 radical (unpaired) electrons. The first kappa shape index (κ1) is 10.4. The van der Waals surface area contributed by atoms with Gasteiger partial charge >= 0.3 is 0 Å². The SMILES string of the molecule is CO[Si](C)C(C)(C)[Si](C)C. The summed E-state index contributed by atoms with van der Waals surface area (Å²) < 4.78 is 5.89. The second-order valence-electron chi connectivity index (χ2n) is 3.39. The second kappa shape index (κ2) is 3.69. The fraction of sp³-hybridized carbons (Fsp3) is 1.00. The molecule has 1 nitrogen and oxygen atoms in total. The zero-order valence-electron chi connectivity index (χ0n) is 7.91. The highest BCUT2D eigenvalue weighted by molar-refractivity contribution is 6.77. The lowest BCUT2D eigenvalue weighted by molar-refractivity contribution is 0.409. The molecule has 0 atom stereocenters. The maximum atomic E-state index is 5.40. The van der Waals surface area contributed by atoms with Crippen molar-refractivity contribution in [2.24, 2.45) is 0 Å². The van der Waals surface area contributed by atoms with E-state index >= 15 is 0 Å². The zero-order valence-corrected chi connectivity index (χ0v) is 9.91. The van der Waals surface area contributed by atoms with Crippen molar-refractivity contribution < 1.29 is 4.43 Å². The summed E-state index contributed by atoms with van der Waals surface area (Å²) in [5, 5.41) is 0. The molecule has 3 heteroatoms. The summed E-state index contributed by atoms with van der Waals surface area (Å²) in [6.07, 6.45) is 0. The van der Waals surface area contributed by atoms with Gasteiger partial charge in [-0.25, -0.2) is 0 Å². The van der Waals surface area contributed by atoms with Crippen molar-refractivity contribution in [3.8, 4) is 0 Å². The third-order valence-corrected chi connectivity index (χ3v) is 9.87. The van der Waals surface area contributed by atoms with Gasteiger partial charge < -0.3 is 4.43 Å². The van der Waals surface area contributed by atoms with E-state index in [1.165, 1.54) is 0 Å². The Morgan fingerprint density at radius 2 is 1.50 bits per heavy atom. The van der Waals surface area contributed by atoms with Gasteiger partial charge in [0.2, 0.25) is 9.04 Å². The summed E-state index contributed by atoms with van der Waals surface area (Å²) in [5.74, 6) is 0. The van der Waals surface area contributed by atoms with Crippen LogP contribution in [0.1, 0.15) is 13.8 Å². The van der Waals surface area contributed by atoms with Gasteiger partial charge in [-0.05, 0) is 11.2 Å². The molecule has 0 aromatic carbocycles. The summed E-state index contributed by atoms with van der Waals surface area (Å²) in [6.45, 7) is 11.6. The molecule has 0 aliphatic rings. The van der Waals surface area contributed by atoms with Crippen LogP contribution in [0.15, 0.2) is 0 Å². The number of hydrogen-bond acceptors (Lipinski definition) is 1. The van der Waals surface area contributed by atoms with E-state index in [2.05, 4.69) is 33.5 Å². The molecule has 60 valence electrons. The van der Waals surface area contributed by atoms with Gasteiger partial charge in [0.15, 0.2) is 0 Å². The van der Waals surface area contributed by atoms with Gasteiger partial charge in [-0.1, -0.05) is 26.9 Å². The molecule has 0 rings (SSSR count). The first-order chi connectivity index (χ1) is 4.42. The lowest BCUT2D eigenvalue weighted by Gasteiger charge is -2.31. The average Bonchev–Trinajstić information content (AvgIpc) is 1.86. The molecule has 0 N–H and O–H groups in total. The van der Waals surface area contributed by atoms with E-state index in [1.807, 2.05) is 7.11 Å². The molecule has 0 aromatic rings. The van der Waals surface area contributed by atoms with Crippen LogP contribution in [0, 0.1) is 0 Å². The molecule has 10 heavy (non-hydrogen) atoms. The van der Waals surface area contributed by atoms with Crippen molar-refractivity contribution in [3.63, 3.8) is 0 Å². The molecule has 0 fully saturated rings. The van der Waals surface area contributed by atoms with Crippen molar-refractivity contribution in [2.75, 3.05) is 7.11 Å². The van der Waals surface area contributed by atoms with Crippen molar-refractivity contribution in [3.05, 3.63) is 0 Å². The highest BCUT2D eigenvalue weighted by Crippen LogP contribution is 2.31. The molecule has 0 heterocycles. The van der Waals surface area contributed by atoms with E-state index in [1.54, 1.807) is 0 Å². The first-order valence-electron chi connectivity index (χ1n) is 3.61. The van der Waals surface area contributed by atoms with Crippen LogP contribution in [0.2, 0.25) is 24.3 Å². The van der Waals surface area contributed by atoms with Gasteiger partial charge in [0.25, 0.3) is 0 Å². The van der Waals surface area contributed by atoms with Crippen LogP contribution in [0.25, 0.3) is 0 Å². The minimum atomic E-state index is -0.559. The Hall–Kier alpha value is 0.394. The van der Waals surface area contributed by atoms with Crippen LogP contribution in [0.4, 0.5) is 0 Å². The Morgan fingerprint density at radius 3 is 1.60 bits per heavy atom. The van der Waals surface area contributed by atoms with E-state index < -0.39 is 9.04 Å². The fourth-order valence-corrected chi connectivity index (χ4v) is 4.24. The van der Waals surface area contributed by atoms with Gasteiger partial charge in [-0.3, -0.25) is 0 Å². The highest BCUT2D eigenvalue weighted by Gasteiger charge is 2.32. The molecule has 0 amide bonds. The fourth-order valence-electron chi connectivity index (χ4n) is 0.607. The monoisotopic (exact) mass is 174 g/mol. The van der Waals surface area contributed by atoms with Crippen LogP contribution in [0.3, 0.4) is 0 Å². The quantitative estimate of drug-likeness (QED) is 0.597. The summed E-state index contributed by atoms with van der Waals surface area (Å²) in [6, 6.07) is 0. The van der Waals surface area contributed by atoms with Crippen molar-refractivity contribution >= 4 is 17.8 Å². The lowest BCUT2D eigenvalue weighted by Crippen LogP contribution is -2.36. The third kappa shape index (κ3) is 2.21. The Morgan fingerprint density at radius 1 is 1.10 bits per heavy atom. The smallest absolute Gasteiger partial charge is 0.210 e. The molecule has 0 saturated heterocycles. The van der Waals surface area contributed by atoms with Gasteiger partial charge in [-0.15, -0.1) is 0 Å². The molecular weight excluding hydrogens is 156 g/mol. The van der Waals surface area contributed by atoms with Crippen molar-refractivity contribution in [1.82, 2.24) is 0 Å². The summed E-state index contributed by atoms with van der Waals surface area (Å²) in [5.41, 5.74) is 0. The molecule has 0 unspecified atom stereocenters. The average molecular weight is 174 g/mol. The van der Waals surface area contributed by atoms with Gasteiger partial charge in [0.1, 0.15) is 0 Å². The molecule has 0 aromatic heterocycles. The Kier molecular flexibility index (Phi) is 3.83. The Bertz CT molecular complexity index is 102. The van der Waals surface area contributed by atoms with Crippen LogP contribution in [-0.4, -0.2) is 24.9 Å². The van der Waals surface area contributed by atoms with Crippen LogP contribution in [0.5, 0.6) is 0 Å². The highest BCUT2D eigenvalue weighted by atomic mass is 28.3. The van der Waals surface area contributed by atoms with Crippen molar-refractivity contribution in [2.45, 2.75) is 38.2 Å². The van der Waals surface area contributed by atoms with E-state index in [-0.39, 0.29) is 8.80 Å². The van der Waals surface area contributed by atoms with Gasteiger partial charge in [-0.2, -0.15) is 0 Å². The number of rotatable bonds is 3. The Labute approximate surface area is 68.1 Å². The summed E-state index contributed by atoms with van der Waals surface area (Å²) >= 11 is 0. The molecule has 0 saturated carbocycles. The van der Waals surface area contributed by atoms with E-state index in [0.29, 0.717) is 4.66 Å². The second-order valence-corrected chi connectivity index (χ2v) is 9.91. The molecule has 0 bridgehead atoms. The van der Waals surface area contributed by atoms with Gasteiger partial charge in [0.05, 0.1) is 0 Å². The van der Waals surface area contributed by atoms with Gasteiger partial charge in [0, 0.05) is 15.9 Å². The largest absolute Gasteiger partial charge is 0.420 e. The summed E-state index contributed by atoms with van der Waals surface area (Å²) in [4.78, 5) is 0. The molecule has 0 aliphatic heterocycles. The lowest BCUT2D eigenvalue weighted by atomic mass is 10.5. The molecular formula is C7H18OSi2. The standard InChI is InChI=1S/C7H18OSi2/c1-7(2,9(4)5)10(6)8-3/h1-6H3. The third-order valence-electron chi connectivity index (χ3n) is 2.44. The normalized spacial score (nSPS) is 13.2. The van der Waals surface area contributed by atoms with Crippen LogP contribution >= 0.6 is 0 Å². The van der Waals surface area contributed by atoms with Crippen LogP contribution in [-0.2, 0) is 4.43 Å². The maximum absolute atomic E-state index is 5.40. The van der Waals surface area contributed by atoms with E-state index in [0.717, 1.165) is 0 Å². The predicted octanol–water partition coefficient (Wildman–Crippen LogP) is 2.33. The Balaban J connectivity index is 4.09. The first-order valence-corrected chi connectivity index (χ1v) is 8.02. The van der Waals surface area contributed by atoms with Crippen molar-refractivity contribution in [1.29, 1.82) is 0 Å². The topological polar surface area (TPSA) is 9.23 Å². The number of hydrogen-bond donors (Lipinski definition) is 0. The zero-order chi connectivity index (χ0) is 8.36.